The number of benzene rings is 1. The van der Waals surface area contributed by atoms with Crippen LogP contribution in [0.4, 0.5) is 4.39 Å². The normalized spacial score (nSPS) is 20.0. The van der Waals surface area contributed by atoms with Crippen molar-refractivity contribution in [3.05, 3.63) is 28.0 Å². The minimum absolute atomic E-state index is 0.149. The smallest absolute Gasteiger partial charge is 0.244 e. The van der Waals surface area contributed by atoms with Gasteiger partial charge < -0.3 is 5.32 Å². The molecule has 1 aliphatic heterocycles. The summed E-state index contributed by atoms with van der Waals surface area (Å²) >= 11 is 11.5. The van der Waals surface area contributed by atoms with Crippen molar-refractivity contribution in [2.75, 3.05) is 19.6 Å². The number of sulfonamides is 1. The molecule has 1 aromatic carbocycles. The number of nitrogens with one attached hydrogen (secondary N) is 1. The molecule has 1 N–H and O–H groups in total. The molecule has 0 aromatic heterocycles. The van der Waals surface area contributed by atoms with Gasteiger partial charge in [-0.25, -0.2) is 12.8 Å². The highest BCUT2D eigenvalue weighted by molar-refractivity contribution is 7.89. The highest BCUT2D eigenvalue weighted by Crippen LogP contribution is 2.32. The second-order valence-corrected chi connectivity index (χ2v) is 7.53. The van der Waals surface area contributed by atoms with Crippen LogP contribution in [0, 0.1) is 5.82 Å². The van der Waals surface area contributed by atoms with E-state index in [-0.39, 0.29) is 16.0 Å². The SMILES string of the molecule is CCN(C1CCCNC1)S(=O)(=O)c1ccc(Cl)c(F)c1Cl. The second-order valence-electron chi connectivity index (χ2n) is 4.88. The van der Waals surface area contributed by atoms with Gasteiger partial charge in [-0.1, -0.05) is 30.1 Å². The molecule has 0 aliphatic carbocycles. The van der Waals surface area contributed by atoms with Crippen molar-refractivity contribution in [3.63, 3.8) is 0 Å². The molecule has 1 atom stereocenters. The van der Waals surface area contributed by atoms with Crippen LogP contribution in [0.1, 0.15) is 19.8 Å². The van der Waals surface area contributed by atoms with E-state index in [2.05, 4.69) is 5.32 Å². The van der Waals surface area contributed by atoms with Gasteiger partial charge in [0.05, 0.1) is 10.0 Å². The third-order valence-electron chi connectivity index (χ3n) is 3.58. The molecule has 0 radical (unpaired) electrons. The summed E-state index contributed by atoms with van der Waals surface area (Å²) < 4.78 is 40.6. The molecule has 1 heterocycles. The second kappa shape index (κ2) is 6.79. The maximum atomic E-state index is 13.8. The van der Waals surface area contributed by atoms with Crippen LogP contribution in [0.5, 0.6) is 0 Å². The van der Waals surface area contributed by atoms with Gasteiger partial charge in [-0.05, 0) is 31.5 Å². The molecule has 1 saturated heterocycles. The fourth-order valence-electron chi connectivity index (χ4n) is 2.54. The summed E-state index contributed by atoms with van der Waals surface area (Å²) in [5, 5.41) is 2.53. The van der Waals surface area contributed by atoms with Crippen molar-refractivity contribution in [1.29, 1.82) is 0 Å². The van der Waals surface area contributed by atoms with Gasteiger partial charge in [0.1, 0.15) is 4.90 Å². The number of rotatable bonds is 4. The van der Waals surface area contributed by atoms with Crippen molar-refractivity contribution in [1.82, 2.24) is 9.62 Å². The topological polar surface area (TPSA) is 49.4 Å². The summed E-state index contributed by atoms with van der Waals surface area (Å²) in [6, 6.07) is 2.31. The van der Waals surface area contributed by atoms with Crippen molar-refractivity contribution >= 4 is 33.2 Å². The van der Waals surface area contributed by atoms with Gasteiger partial charge in [-0.2, -0.15) is 4.31 Å². The van der Waals surface area contributed by atoms with Crippen molar-refractivity contribution in [2.24, 2.45) is 0 Å². The lowest BCUT2D eigenvalue weighted by Crippen LogP contribution is -2.48. The van der Waals surface area contributed by atoms with E-state index in [1.807, 2.05) is 0 Å². The van der Waals surface area contributed by atoms with E-state index in [0.29, 0.717) is 13.1 Å². The van der Waals surface area contributed by atoms with Gasteiger partial charge in [0.15, 0.2) is 5.82 Å². The molecule has 8 heteroatoms. The van der Waals surface area contributed by atoms with Crippen LogP contribution in [0.25, 0.3) is 0 Å². The summed E-state index contributed by atoms with van der Waals surface area (Å²) in [4.78, 5) is -0.238. The number of hydrogen-bond acceptors (Lipinski definition) is 3. The Hall–Kier alpha value is -0.400. The van der Waals surface area contributed by atoms with E-state index in [1.165, 1.54) is 16.4 Å². The van der Waals surface area contributed by atoms with E-state index in [4.69, 9.17) is 23.2 Å². The van der Waals surface area contributed by atoms with Gasteiger partial charge in [0, 0.05) is 19.1 Å². The zero-order chi connectivity index (χ0) is 15.6. The number of halogens is 3. The molecular formula is C13H17Cl2FN2O2S. The summed E-state index contributed by atoms with van der Waals surface area (Å²) in [5.41, 5.74) is 0. The molecule has 0 spiro atoms. The van der Waals surface area contributed by atoms with E-state index in [1.54, 1.807) is 6.92 Å². The molecule has 2 rings (SSSR count). The predicted molar refractivity (Wildman–Crippen MR) is 81.9 cm³/mol. The van der Waals surface area contributed by atoms with Crippen LogP contribution in [-0.4, -0.2) is 38.4 Å². The first-order valence-electron chi connectivity index (χ1n) is 6.75. The van der Waals surface area contributed by atoms with Crippen LogP contribution in [-0.2, 0) is 10.0 Å². The zero-order valence-electron chi connectivity index (χ0n) is 11.6. The standard InChI is InChI=1S/C13H17Cl2FN2O2S/c1-2-18(9-4-3-7-17-8-9)21(19,20)11-6-5-10(14)13(16)12(11)15/h5-6,9,17H,2-4,7-8H2,1H3. The van der Waals surface area contributed by atoms with E-state index < -0.39 is 20.9 Å². The lowest BCUT2D eigenvalue weighted by molar-refractivity contribution is 0.274. The lowest BCUT2D eigenvalue weighted by Gasteiger charge is -2.33. The third kappa shape index (κ3) is 3.35. The Labute approximate surface area is 134 Å². The Bertz CT molecular complexity index is 619. The number of piperidine rings is 1. The predicted octanol–water partition coefficient (Wildman–Crippen LogP) is 2.90. The number of hydrogen-bond donors (Lipinski definition) is 1. The average molecular weight is 355 g/mol. The van der Waals surface area contributed by atoms with Crippen LogP contribution in [0.3, 0.4) is 0 Å². The maximum absolute atomic E-state index is 13.8. The first-order chi connectivity index (χ1) is 9.89. The monoisotopic (exact) mass is 354 g/mol. The molecule has 1 fully saturated rings. The lowest BCUT2D eigenvalue weighted by atomic mass is 10.1. The molecule has 1 unspecified atom stereocenters. The number of likely N-dealkylation sites (N-methyl/N-ethyl adjacent to an activating group) is 1. The van der Waals surface area contributed by atoms with Gasteiger partial charge in [0.25, 0.3) is 0 Å². The third-order valence-corrected chi connectivity index (χ3v) is 6.42. The van der Waals surface area contributed by atoms with E-state index >= 15 is 0 Å². The van der Waals surface area contributed by atoms with Crippen molar-refractivity contribution in [3.8, 4) is 0 Å². The van der Waals surface area contributed by atoms with Crippen LogP contribution in [0.2, 0.25) is 10.0 Å². The Balaban J connectivity index is 2.42. The maximum Gasteiger partial charge on any atom is 0.244 e. The molecule has 0 amide bonds. The fraction of sp³-hybridized carbons (Fsp3) is 0.538. The first kappa shape index (κ1) is 17.0. The quantitative estimate of drug-likeness (QED) is 0.845. The molecule has 1 aliphatic rings. The Morgan fingerprint density at radius 1 is 1.43 bits per heavy atom. The summed E-state index contributed by atoms with van der Waals surface area (Å²) in [6.07, 6.45) is 1.67. The zero-order valence-corrected chi connectivity index (χ0v) is 13.9. The highest BCUT2D eigenvalue weighted by Gasteiger charge is 2.33. The van der Waals surface area contributed by atoms with Gasteiger partial charge in [-0.3, -0.25) is 0 Å². The molecule has 118 valence electrons. The Morgan fingerprint density at radius 2 is 2.14 bits per heavy atom. The first-order valence-corrected chi connectivity index (χ1v) is 8.95. The average Bonchev–Trinajstić information content (AvgIpc) is 2.46. The van der Waals surface area contributed by atoms with E-state index in [9.17, 15) is 12.8 Å². The van der Waals surface area contributed by atoms with Crippen molar-refractivity contribution in [2.45, 2.75) is 30.7 Å². The minimum atomic E-state index is -3.86. The van der Waals surface area contributed by atoms with Crippen LogP contribution in [0.15, 0.2) is 17.0 Å². The fourth-order valence-corrected chi connectivity index (χ4v) is 4.92. The summed E-state index contributed by atoms with van der Waals surface area (Å²) in [5.74, 6) is -0.905. The molecule has 0 bridgehead atoms. The van der Waals surface area contributed by atoms with Crippen molar-refractivity contribution < 1.29 is 12.8 Å². The van der Waals surface area contributed by atoms with Gasteiger partial charge >= 0.3 is 0 Å². The van der Waals surface area contributed by atoms with Gasteiger partial charge in [-0.15, -0.1) is 0 Å². The summed E-state index contributed by atoms with van der Waals surface area (Å²) in [6.45, 7) is 3.52. The van der Waals surface area contributed by atoms with E-state index in [0.717, 1.165) is 19.4 Å². The largest absolute Gasteiger partial charge is 0.315 e. The van der Waals surface area contributed by atoms with Crippen LogP contribution >= 0.6 is 23.2 Å². The molecule has 1 aromatic rings. The highest BCUT2D eigenvalue weighted by atomic mass is 35.5. The molecule has 0 saturated carbocycles. The summed E-state index contributed by atoms with van der Waals surface area (Å²) in [7, 11) is -3.86. The molecule has 4 nitrogen and oxygen atoms in total. The Morgan fingerprint density at radius 3 is 2.71 bits per heavy atom. The Kier molecular flexibility index (Phi) is 5.48. The number of nitrogens with zero attached hydrogens (tertiary/aromatic N) is 1. The van der Waals surface area contributed by atoms with Crippen LogP contribution < -0.4 is 5.32 Å². The minimum Gasteiger partial charge on any atom is -0.315 e. The molecule has 21 heavy (non-hydrogen) atoms. The molecular weight excluding hydrogens is 338 g/mol. The van der Waals surface area contributed by atoms with Gasteiger partial charge in [0.2, 0.25) is 10.0 Å².